The lowest BCUT2D eigenvalue weighted by atomic mass is 10.2. The number of nitrogens with one attached hydrogen (secondary N) is 1. The second kappa shape index (κ2) is 5.02. The molecule has 0 saturated heterocycles. The van der Waals surface area contributed by atoms with Gasteiger partial charge in [0, 0.05) is 19.3 Å². The minimum absolute atomic E-state index is 0.446. The molecule has 0 aliphatic carbocycles. The highest BCUT2D eigenvalue weighted by Crippen LogP contribution is 2.30. The molecule has 0 fully saturated rings. The molecular formula is C10H12F3NO. The van der Waals surface area contributed by atoms with E-state index in [9.17, 15) is 13.2 Å². The van der Waals surface area contributed by atoms with Gasteiger partial charge in [-0.1, -0.05) is 6.07 Å². The molecule has 1 N–H and O–H groups in total. The van der Waals surface area contributed by atoms with Crippen LogP contribution in [0.3, 0.4) is 0 Å². The zero-order valence-corrected chi connectivity index (χ0v) is 8.27. The fraction of sp³-hybridized carbons (Fsp3) is 0.400. The van der Waals surface area contributed by atoms with Gasteiger partial charge < -0.3 is 10.1 Å². The third-order valence-electron chi connectivity index (χ3n) is 1.83. The molecule has 1 aromatic rings. The van der Waals surface area contributed by atoms with E-state index in [1.807, 2.05) is 0 Å². The van der Waals surface area contributed by atoms with Gasteiger partial charge in [-0.25, -0.2) is 0 Å². The number of halogens is 3. The number of anilines is 1. The maximum Gasteiger partial charge on any atom is 0.416 e. The van der Waals surface area contributed by atoms with Crippen molar-refractivity contribution in [1.82, 2.24) is 0 Å². The molecule has 5 heteroatoms. The lowest BCUT2D eigenvalue weighted by molar-refractivity contribution is -0.137. The molecule has 0 aromatic heterocycles. The second-order valence-electron chi connectivity index (χ2n) is 3.00. The molecule has 0 unspecified atom stereocenters. The first-order valence-corrected chi connectivity index (χ1v) is 4.44. The Hall–Kier alpha value is -1.23. The maximum absolute atomic E-state index is 12.3. The lowest BCUT2D eigenvalue weighted by Crippen LogP contribution is -2.09. The summed E-state index contributed by atoms with van der Waals surface area (Å²) in [6.45, 7) is 0.939. The zero-order chi connectivity index (χ0) is 11.3. The van der Waals surface area contributed by atoms with Gasteiger partial charge in [-0.15, -0.1) is 0 Å². The van der Waals surface area contributed by atoms with Crippen molar-refractivity contribution < 1.29 is 17.9 Å². The van der Waals surface area contributed by atoms with Crippen LogP contribution in [0.1, 0.15) is 5.56 Å². The summed E-state index contributed by atoms with van der Waals surface area (Å²) in [5, 5.41) is 2.83. The van der Waals surface area contributed by atoms with Crippen LogP contribution in [-0.2, 0) is 10.9 Å². The molecule has 0 atom stereocenters. The van der Waals surface area contributed by atoms with E-state index in [1.54, 1.807) is 6.07 Å². The van der Waals surface area contributed by atoms with Gasteiger partial charge in [0.25, 0.3) is 0 Å². The van der Waals surface area contributed by atoms with Crippen LogP contribution in [-0.4, -0.2) is 20.3 Å². The van der Waals surface area contributed by atoms with Crippen LogP contribution in [0, 0.1) is 0 Å². The van der Waals surface area contributed by atoms with Crippen LogP contribution in [0.2, 0.25) is 0 Å². The molecule has 0 aliphatic heterocycles. The third-order valence-corrected chi connectivity index (χ3v) is 1.83. The molecule has 1 aromatic carbocycles. The Kier molecular flexibility index (Phi) is 3.96. The van der Waals surface area contributed by atoms with Crippen molar-refractivity contribution in [1.29, 1.82) is 0 Å². The van der Waals surface area contributed by atoms with Crippen molar-refractivity contribution in [3.05, 3.63) is 29.8 Å². The second-order valence-corrected chi connectivity index (χ2v) is 3.00. The van der Waals surface area contributed by atoms with Gasteiger partial charge in [0.05, 0.1) is 12.2 Å². The molecular weight excluding hydrogens is 207 g/mol. The topological polar surface area (TPSA) is 21.3 Å². The minimum Gasteiger partial charge on any atom is -0.383 e. The number of ether oxygens (including phenoxy) is 1. The van der Waals surface area contributed by atoms with Crippen LogP contribution in [0.4, 0.5) is 18.9 Å². The first-order chi connectivity index (χ1) is 7.04. The fourth-order valence-corrected chi connectivity index (χ4v) is 1.10. The number of methoxy groups -OCH3 is 1. The van der Waals surface area contributed by atoms with Crippen molar-refractivity contribution >= 4 is 5.69 Å². The first kappa shape index (κ1) is 11.8. The smallest absolute Gasteiger partial charge is 0.383 e. The van der Waals surface area contributed by atoms with E-state index in [2.05, 4.69) is 5.32 Å². The molecule has 1 rings (SSSR count). The lowest BCUT2D eigenvalue weighted by Gasteiger charge is -2.10. The highest BCUT2D eigenvalue weighted by Gasteiger charge is 2.30. The summed E-state index contributed by atoms with van der Waals surface area (Å²) in [6.07, 6.45) is -4.29. The Morgan fingerprint density at radius 2 is 2.07 bits per heavy atom. The summed E-state index contributed by atoms with van der Waals surface area (Å²) in [5.74, 6) is 0. The van der Waals surface area contributed by atoms with Gasteiger partial charge in [0.15, 0.2) is 0 Å². The summed E-state index contributed by atoms with van der Waals surface area (Å²) in [5.41, 5.74) is -0.202. The van der Waals surface area contributed by atoms with E-state index < -0.39 is 11.7 Å². The van der Waals surface area contributed by atoms with Gasteiger partial charge in [-0.2, -0.15) is 13.2 Å². The molecule has 0 amide bonds. The predicted octanol–water partition coefficient (Wildman–Crippen LogP) is 2.76. The molecule has 0 saturated carbocycles. The minimum atomic E-state index is -4.29. The number of alkyl halides is 3. The normalized spacial score (nSPS) is 11.5. The van der Waals surface area contributed by atoms with Crippen molar-refractivity contribution in [2.24, 2.45) is 0 Å². The Bertz CT molecular complexity index is 312. The molecule has 0 aliphatic rings. The fourth-order valence-electron chi connectivity index (χ4n) is 1.10. The molecule has 15 heavy (non-hydrogen) atoms. The van der Waals surface area contributed by atoms with E-state index in [-0.39, 0.29) is 0 Å². The standard InChI is InChI=1S/C10H12F3NO/c1-15-6-5-14-9-4-2-3-8(7-9)10(11,12)13/h2-4,7,14H,5-6H2,1H3. The quantitative estimate of drug-likeness (QED) is 0.786. The molecule has 0 spiro atoms. The number of rotatable bonds is 4. The van der Waals surface area contributed by atoms with E-state index in [4.69, 9.17) is 4.74 Å². The van der Waals surface area contributed by atoms with Crippen molar-refractivity contribution in [2.45, 2.75) is 6.18 Å². The third kappa shape index (κ3) is 3.79. The van der Waals surface area contributed by atoms with Crippen LogP contribution in [0.25, 0.3) is 0 Å². The van der Waals surface area contributed by atoms with Gasteiger partial charge in [-0.05, 0) is 18.2 Å². The van der Waals surface area contributed by atoms with E-state index in [0.29, 0.717) is 18.8 Å². The Morgan fingerprint density at radius 1 is 1.33 bits per heavy atom. The largest absolute Gasteiger partial charge is 0.416 e. The molecule has 0 radical (unpaired) electrons. The maximum atomic E-state index is 12.3. The van der Waals surface area contributed by atoms with Crippen LogP contribution in [0.5, 0.6) is 0 Å². The average Bonchev–Trinajstić information content (AvgIpc) is 2.17. The monoisotopic (exact) mass is 219 g/mol. The zero-order valence-electron chi connectivity index (χ0n) is 8.27. The summed E-state index contributed by atoms with van der Waals surface area (Å²) in [6, 6.07) is 5.08. The molecule has 0 bridgehead atoms. The molecule has 84 valence electrons. The Labute approximate surface area is 86.1 Å². The predicted molar refractivity (Wildman–Crippen MR) is 51.8 cm³/mol. The summed E-state index contributed by atoms with van der Waals surface area (Å²) < 4.78 is 41.7. The average molecular weight is 219 g/mol. The van der Waals surface area contributed by atoms with Gasteiger partial charge in [0.1, 0.15) is 0 Å². The number of hydrogen-bond acceptors (Lipinski definition) is 2. The SMILES string of the molecule is COCCNc1cccc(C(F)(F)F)c1. The van der Waals surface area contributed by atoms with Gasteiger partial charge in [-0.3, -0.25) is 0 Å². The first-order valence-electron chi connectivity index (χ1n) is 4.44. The van der Waals surface area contributed by atoms with Gasteiger partial charge in [0.2, 0.25) is 0 Å². The summed E-state index contributed by atoms with van der Waals surface area (Å²) in [7, 11) is 1.54. The highest BCUT2D eigenvalue weighted by molar-refractivity contribution is 5.46. The van der Waals surface area contributed by atoms with Crippen LogP contribution < -0.4 is 5.32 Å². The van der Waals surface area contributed by atoms with Crippen molar-refractivity contribution in [3.63, 3.8) is 0 Å². The van der Waals surface area contributed by atoms with Crippen molar-refractivity contribution in [2.75, 3.05) is 25.6 Å². The summed E-state index contributed by atoms with van der Waals surface area (Å²) in [4.78, 5) is 0. The van der Waals surface area contributed by atoms with Crippen LogP contribution in [0.15, 0.2) is 24.3 Å². The number of hydrogen-bond donors (Lipinski definition) is 1. The molecule has 2 nitrogen and oxygen atoms in total. The summed E-state index contributed by atoms with van der Waals surface area (Å²) >= 11 is 0. The van der Waals surface area contributed by atoms with E-state index >= 15 is 0 Å². The van der Waals surface area contributed by atoms with E-state index in [0.717, 1.165) is 12.1 Å². The highest BCUT2D eigenvalue weighted by atomic mass is 19.4. The van der Waals surface area contributed by atoms with Crippen LogP contribution >= 0.6 is 0 Å². The van der Waals surface area contributed by atoms with E-state index in [1.165, 1.54) is 13.2 Å². The Balaban J connectivity index is 2.66. The molecule has 0 heterocycles. The number of benzene rings is 1. The Morgan fingerprint density at radius 3 is 2.67 bits per heavy atom. The van der Waals surface area contributed by atoms with Crippen molar-refractivity contribution in [3.8, 4) is 0 Å². The van der Waals surface area contributed by atoms with Gasteiger partial charge >= 0.3 is 6.18 Å².